The Hall–Kier alpha value is -2.15. The molecule has 23 heavy (non-hydrogen) atoms. The van der Waals surface area contributed by atoms with Crippen LogP contribution in [0.25, 0.3) is 0 Å². The fourth-order valence-electron chi connectivity index (χ4n) is 3.15. The van der Waals surface area contributed by atoms with Gasteiger partial charge in [0.1, 0.15) is 5.69 Å². The van der Waals surface area contributed by atoms with Gasteiger partial charge in [0, 0.05) is 23.5 Å². The number of carbonyl (C=O) groups is 1. The molecule has 0 radical (unpaired) electrons. The van der Waals surface area contributed by atoms with Crippen LogP contribution < -0.4 is 0 Å². The average Bonchev–Trinajstić information content (AvgIpc) is 3.14. The van der Waals surface area contributed by atoms with Crippen LogP contribution in [0.2, 0.25) is 0 Å². The summed E-state index contributed by atoms with van der Waals surface area (Å²) in [5.41, 5.74) is 4.40. The van der Waals surface area contributed by atoms with Gasteiger partial charge in [-0.2, -0.15) is 10.2 Å². The zero-order valence-electron chi connectivity index (χ0n) is 13.8. The molecule has 2 N–H and O–H groups in total. The van der Waals surface area contributed by atoms with Crippen LogP contribution in [0.1, 0.15) is 52.5 Å². The molecule has 1 fully saturated rings. The monoisotopic (exact) mass is 317 g/mol. The van der Waals surface area contributed by atoms with Gasteiger partial charge in [-0.05, 0) is 26.3 Å². The summed E-state index contributed by atoms with van der Waals surface area (Å²) in [6.45, 7) is 7.61. The summed E-state index contributed by atoms with van der Waals surface area (Å²) in [4.78, 5) is 14.8. The summed E-state index contributed by atoms with van der Waals surface area (Å²) in [5, 5.41) is 14.4. The van der Waals surface area contributed by atoms with Gasteiger partial charge in [0.2, 0.25) is 0 Å². The number of ether oxygens (including phenoxy) is 1. The third kappa shape index (κ3) is 3.01. The number of aromatic nitrogens is 4. The molecule has 3 heterocycles. The average molecular weight is 317 g/mol. The highest BCUT2D eigenvalue weighted by Crippen LogP contribution is 2.29. The fraction of sp³-hybridized carbons (Fsp3) is 0.562. The van der Waals surface area contributed by atoms with Crippen molar-refractivity contribution in [1.82, 2.24) is 25.3 Å². The van der Waals surface area contributed by atoms with E-state index in [2.05, 4.69) is 27.3 Å². The van der Waals surface area contributed by atoms with Crippen molar-refractivity contribution >= 4 is 5.91 Å². The Kier molecular flexibility index (Phi) is 4.47. The lowest BCUT2D eigenvalue weighted by atomic mass is 10.0. The smallest absolute Gasteiger partial charge is 0.275 e. The number of hydrogen-bond acceptors (Lipinski definition) is 4. The lowest BCUT2D eigenvalue weighted by molar-refractivity contribution is -0.00332. The SMILES string of the molecule is CCCc1cc(C(=O)N2CCOC[C@H]2c2c(C)n[nH]c2C)n[nH]1. The number of nitrogens with one attached hydrogen (secondary N) is 2. The molecule has 0 aromatic carbocycles. The highest BCUT2D eigenvalue weighted by atomic mass is 16.5. The molecule has 0 saturated carbocycles. The summed E-state index contributed by atoms with van der Waals surface area (Å²) >= 11 is 0. The molecule has 0 aliphatic carbocycles. The van der Waals surface area contributed by atoms with E-state index in [0.29, 0.717) is 25.5 Å². The van der Waals surface area contributed by atoms with E-state index in [1.54, 1.807) is 0 Å². The quantitative estimate of drug-likeness (QED) is 0.902. The number of aryl methyl sites for hydroxylation is 3. The van der Waals surface area contributed by atoms with Crippen molar-refractivity contribution in [1.29, 1.82) is 0 Å². The van der Waals surface area contributed by atoms with E-state index in [1.807, 2.05) is 24.8 Å². The van der Waals surface area contributed by atoms with Crippen LogP contribution in [0.5, 0.6) is 0 Å². The van der Waals surface area contributed by atoms with Crippen molar-refractivity contribution < 1.29 is 9.53 Å². The predicted octanol–water partition coefficient (Wildman–Crippen LogP) is 1.92. The largest absolute Gasteiger partial charge is 0.377 e. The maximum absolute atomic E-state index is 12.9. The first-order chi connectivity index (χ1) is 11.1. The molecule has 1 aliphatic heterocycles. The summed E-state index contributed by atoms with van der Waals surface area (Å²) in [7, 11) is 0. The number of H-pyrrole nitrogens is 2. The molecule has 2 aromatic heterocycles. The minimum Gasteiger partial charge on any atom is -0.377 e. The van der Waals surface area contributed by atoms with Crippen LogP contribution in [-0.4, -0.2) is 51.0 Å². The fourth-order valence-corrected chi connectivity index (χ4v) is 3.15. The summed E-state index contributed by atoms with van der Waals surface area (Å²) in [5.74, 6) is -0.0584. The Bertz CT molecular complexity index is 671. The second-order valence-electron chi connectivity index (χ2n) is 5.97. The van der Waals surface area contributed by atoms with E-state index in [0.717, 1.165) is 35.5 Å². The summed E-state index contributed by atoms with van der Waals surface area (Å²) in [6, 6.07) is 1.73. The van der Waals surface area contributed by atoms with Crippen LogP contribution in [-0.2, 0) is 11.2 Å². The van der Waals surface area contributed by atoms with E-state index < -0.39 is 0 Å². The Balaban J connectivity index is 1.87. The lowest BCUT2D eigenvalue weighted by Crippen LogP contribution is -2.44. The third-order valence-corrected chi connectivity index (χ3v) is 4.28. The number of amides is 1. The maximum atomic E-state index is 12.9. The van der Waals surface area contributed by atoms with Gasteiger partial charge in [-0.3, -0.25) is 15.0 Å². The Morgan fingerprint density at radius 3 is 2.91 bits per heavy atom. The topological polar surface area (TPSA) is 86.9 Å². The van der Waals surface area contributed by atoms with Crippen molar-refractivity contribution in [2.75, 3.05) is 19.8 Å². The van der Waals surface area contributed by atoms with E-state index in [4.69, 9.17) is 4.74 Å². The minimum absolute atomic E-state index is 0.0584. The molecule has 7 heteroatoms. The van der Waals surface area contributed by atoms with Crippen molar-refractivity contribution in [2.45, 2.75) is 39.7 Å². The molecule has 1 saturated heterocycles. The first-order valence-corrected chi connectivity index (χ1v) is 8.06. The third-order valence-electron chi connectivity index (χ3n) is 4.28. The Morgan fingerprint density at radius 1 is 1.39 bits per heavy atom. The Labute approximate surface area is 135 Å². The second-order valence-corrected chi connectivity index (χ2v) is 5.97. The van der Waals surface area contributed by atoms with Crippen LogP contribution in [0.4, 0.5) is 0 Å². The molecular formula is C16H23N5O2. The zero-order valence-corrected chi connectivity index (χ0v) is 13.8. The van der Waals surface area contributed by atoms with Gasteiger partial charge in [-0.15, -0.1) is 0 Å². The van der Waals surface area contributed by atoms with Crippen LogP contribution in [0, 0.1) is 13.8 Å². The van der Waals surface area contributed by atoms with E-state index in [-0.39, 0.29) is 11.9 Å². The normalized spacial score (nSPS) is 18.4. The van der Waals surface area contributed by atoms with E-state index in [9.17, 15) is 4.79 Å². The zero-order chi connectivity index (χ0) is 16.4. The van der Waals surface area contributed by atoms with Gasteiger partial charge in [0.05, 0.1) is 24.9 Å². The van der Waals surface area contributed by atoms with E-state index in [1.165, 1.54) is 0 Å². The highest BCUT2D eigenvalue weighted by molar-refractivity contribution is 5.92. The van der Waals surface area contributed by atoms with Gasteiger partial charge in [0.25, 0.3) is 5.91 Å². The molecule has 0 spiro atoms. The van der Waals surface area contributed by atoms with Crippen molar-refractivity contribution in [3.05, 3.63) is 34.4 Å². The number of nitrogens with zero attached hydrogens (tertiary/aromatic N) is 3. The van der Waals surface area contributed by atoms with Gasteiger partial charge < -0.3 is 9.64 Å². The van der Waals surface area contributed by atoms with Gasteiger partial charge >= 0.3 is 0 Å². The molecule has 1 amide bonds. The van der Waals surface area contributed by atoms with Crippen molar-refractivity contribution in [3.63, 3.8) is 0 Å². The maximum Gasteiger partial charge on any atom is 0.275 e. The molecular weight excluding hydrogens is 294 g/mol. The predicted molar refractivity (Wildman–Crippen MR) is 85.2 cm³/mol. The first kappa shape index (κ1) is 15.7. The van der Waals surface area contributed by atoms with Crippen molar-refractivity contribution in [3.8, 4) is 0 Å². The molecule has 1 aliphatic rings. The van der Waals surface area contributed by atoms with Gasteiger partial charge in [-0.25, -0.2) is 0 Å². The molecule has 124 valence electrons. The molecule has 3 rings (SSSR count). The van der Waals surface area contributed by atoms with E-state index >= 15 is 0 Å². The van der Waals surface area contributed by atoms with Crippen LogP contribution in [0.3, 0.4) is 0 Å². The minimum atomic E-state index is -0.124. The standard InChI is InChI=1S/C16H23N5O2/c1-4-5-12-8-13(20-19-12)16(22)21-6-7-23-9-14(21)15-10(2)17-18-11(15)3/h8,14H,4-7,9H2,1-3H3,(H,17,18)(H,19,20)/t14-/m0/s1. The van der Waals surface area contributed by atoms with Gasteiger partial charge in [-0.1, -0.05) is 13.3 Å². The van der Waals surface area contributed by atoms with Crippen LogP contribution >= 0.6 is 0 Å². The first-order valence-electron chi connectivity index (χ1n) is 8.06. The molecule has 0 bridgehead atoms. The molecule has 7 nitrogen and oxygen atoms in total. The Morgan fingerprint density at radius 2 is 2.22 bits per heavy atom. The second kappa shape index (κ2) is 6.54. The number of rotatable bonds is 4. The lowest BCUT2D eigenvalue weighted by Gasteiger charge is -2.35. The summed E-state index contributed by atoms with van der Waals surface area (Å²) < 4.78 is 5.61. The number of carbonyl (C=O) groups excluding carboxylic acids is 1. The molecule has 1 atom stereocenters. The number of hydrogen-bond donors (Lipinski definition) is 2. The number of aromatic amines is 2. The van der Waals surface area contributed by atoms with Gasteiger partial charge in [0.15, 0.2) is 0 Å². The molecule has 0 unspecified atom stereocenters. The number of morpholine rings is 1. The van der Waals surface area contributed by atoms with Crippen molar-refractivity contribution in [2.24, 2.45) is 0 Å². The molecule has 2 aromatic rings. The summed E-state index contributed by atoms with van der Waals surface area (Å²) in [6.07, 6.45) is 1.91. The highest BCUT2D eigenvalue weighted by Gasteiger charge is 2.33. The van der Waals surface area contributed by atoms with Crippen LogP contribution in [0.15, 0.2) is 6.07 Å².